The van der Waals surface area contributed by atoms with Gasteiger partial charge in [0.2, 0.25) is 5.91 Å². The maximum Gasteiger partial charge on any atom is 0.241 e. The number of amides is 1. The lowest BCUT2D eigenvalue weighted by molar-refractivity contribution is -0.120. The number of halogens is 1. The number of ether oxygens (including phenoxy) is 2. The number of likely N-dealkylation sites (N-methyl/N-ethyl adjacent to an activating group) is 1. The van der Waals surface area contributed by atoms with E-state index >= 15 is 0 Å². The maximum absolute atomic E-state index is 12.6. The second-order valence-electron chi connectivity index (χ2n) is 7.09. The number of hydrogen-bond donors (Lipinski definition) is 1. The fourth-order valence-corrected chi connectivity index (χ4v) is 3.18. The van der Waals surface area contributed by atoms with Gasteiger partial charge in [0.05, 0.1) is 19.3 Å². The Morgan fingerprint density at radius 3 is 2.48 bits per heavy atom. The average molecular weight is 418 g/mol. The molecule has 0 saturated carbocycles. The zero-order valence-corrected chi connectivity index (χ0v) is 17.7. The smallest absolute Gasteiger partial charge is 0.241 e. The maximum atomic E-state index is 12.6. The second kappa shape index (κ2) is 10.5. The SMILES string of the molecule is C[C@@H](C(=O)Nc1ccc(N2CCOCC2)cc1)N(C)CCOc1ccc(Cl)cc1. The van der Waals surface area contributed by atoms with Gasteiger partial charge in [0.15, 0.2) is 0 Å². The number of nitrogens with one attached hydrogen (secondary N) is 1. The lowest BCUT2D eigenvalue weighted by Gasteiger charge is -2.29. The number of hydrogen-bond acceptors (Lipinski definition) is 5. The van der Waals surface area contributed by atoms with Crippen LogP contribution in [-0.2, 0) is 9.53 Å². The van der Waals surface area contributed by atoms with E-state index in [9.17, 15) is 4.79 Å². The first-order valence-corrected chi connectivity index (χ1v) is 10.2. The van der Waals surface area contributed by atoms with Crippen molar-refractivity contribution in [2.24, 2.45) is 0 Å². The first kappa shape index (κ1) is 21.4. The zero-order valence-electron chi connectivity index (χ0n) is 16.9. The molecule has 1 atom stereocenters. The zero-order chi connectivity index (χ0) is 20.6. The predicted octanol–water partition coefficient (Wildman–Crippen LogP) is 3.51. The molecule has 1 fully saturated rings. The predicted molar refractivity (Wildman–Crippen MR) is 117 cm³/mol. The quantitative estimate of drug-likeness (QED) is 0.712. The summed E-state index contributed by atoms with van der Waals surface area (Å²) in [5.74, 6) is 0.721. The summed E-state index contributed by atoms with van der Waals surface area (Å²) in [5.41, 5.74) is 1.94. The monoisotopic (exact) mass is 417 g/mol. The van der Waals surface area contributed by atoms with Gasteiger partial charge in [-0.05, 0) is 62.5 Å². The van der Waals surface area contributed by atoms with E-state index in [0.717, 1.165) is 43.4 Å². The molecule has 2 aromatic rings. The van der Waals surface area contributed by atoms with Crippen molar-refractivity contribution >= 4 is 28.9 Å². The minimum absolute atomic E-state index is 0.0434. The molecule has 1 N–H and O–H groups in total. The normalized spacial score (nSPS) is 15.2. The summed E-state index contributed by atoms with van der Waals surface area (Å²) in [6.45, 7) is 6.31. The van der Waals surface area contributed by atoms with Gasteiger partial charge < -0.3 is 19.7 Å². The van der Waals surface area contributed by atoms with Gasteiger partial charge in [-0.3, -0.25) is 9.69 Å². The van der Waals surface area contributed by atoms with Crippen molar-refractivity contribution in [1.82, 2.24) is 4.90 Å². The van der Waals surface area contributed by atoms with Crippen LogP contribution in [0.4, 0.5) is 11.4 Å². The van der Waals surface area contributed by atoms with Crippen LogP contribution in [0.1, 0.15) is 6.92 Å². The Morgan fingerprint density at radius 1 is 1.17 bits per heavy atom. The Kier molecular flexibility index (Phi) is 7.75. The van der Waals surface area contributed by atoms with Gasteiger partial charge in [-0.25, -0.2) is 0 Å². The van der Waals surface area contributed by atoms with Crippen molar-refractivity contribution in [3.05, 3.63) is 53.6 Å². The highest BCUT2D eigenvalue weighted by atomic mass is 35.5. The number of carbonyl (C=O) groups is 1. The van der Waals surface area contributed by atoms with E-state index in [4.69, 9.17) is 21.1 Å². The minimum Gasteiger partial charge on any atom is -0.492 e. The topological polar surface area (TPSA) is 54.0 Å². The Labute approximate surface area is 177 Å². The molecule has 1 aliphatic heterocycles. The van der Waals surface area contributed by atoms with Crippen molar-refractivity contribution in [2.75, 3.05) is 56.7 Å². The number of carbonyl (C=O) groups excluding carboxylic acids is 1. The van der Waals surface area contributed by atoms with Gasteiger partial charge in [-0.2, -0.15) is 0 Å². The Morgan fingerprint density at radius 2 is 1.83 bits per heavy atom. The molecule has 29 heavy (non-hydrogen) atoms. The van der Waals surface area contributed by atoms with E-state index in [0.29, 0.717) is 18.2 Å². The van der Waals surface area contributed by atoms with Crippen LogP contribution in [0, 0.1) is 0 Å². The lowest BCUT2D eigenvalue weighted by Crippen LogP contribution is -2.41. The first-order valence-electron chi connectivity index (χ1n) is 9.85. The number of benzene rings is 2. The molecule has 0 aromatic heterocycles. The minimum atomic E-state index is -0.275. The third-order valence-electron chi connectivity index (χ3n) is 5.08. The van der Waals surface area contributed by atoms with Gasteiger partial charge >= 0.3 is 0 Å². The summed E-state index contributed by atoms with van der Waals surface area (Å²) in [6, 6.07) is 14.9. The third-order valence-corrected chi connectivity index (χ3v) is 5.33. The van der Waals surface area contributed by atoms with Gasteiger partial charge in [-0.15, -0.1) is 0 Å². The van der Waals surface area contributed by atoms with Gasteiger partial charge in [-0.1, -0.05) is 11.6 Å². The van der Waals surface area contributed by atoms with Crippen LogP contribution in [0.15, 0.2) is 48.5 Å². The van der Waals surface area contributed by atoms with Crippen molar-refractivity contribution in [2.45, 2.75) is 13.0 Å². The fraction of sp³-hybridized carbons (Fsp3) is 0.409. The highest BCUT2D eigenvalue weighted by Gasteiger charge is 2.18. The van der Waals surface area contributed by atoms with Crippen molar-refractivity contribution in [3.63, 3.8) is 0 Å². The Hall–Kier alpha value is -2.28. The van der Waals surface area contributed by atoms with E-state index in [2.05, 4.69) is 10.2 Å². The summed E-state index contributed by atoms with van der Waals surface area (Å²) in [4.78, 5) is 16.8. The highest BCUT2D eigenvalue weighted by molar-refractivity contribution is 6.30. The molecule has 0 bridgehead atoms. The molecule has 0 spiro atoms. The average Bonchev–Trinajstić information content (AvgIpc) is 2.75. The van der Waals surface area contributed by atoms with Crippen LogP contribution in [0.3, 0.4) is 0 Å². The molecule has 0 aliphatic carbocycles. The van der Waals surface area contributed by atoms with E-state index in [1.54, 1.807) is 12.1 Å². The van der Waals surface area contributed by atoms with Crippen molar-refractivity contribution in [3.8, 4) is 5.75 Å². The summed E-state index contributed by atoms with van der Waals surface area (Å²) >= 11 is 5.87. The van der Waals surface area contributed by atoms with Crippen molar-refractivity contribution in [1.29, 1.82) is 0 Å². The molecule has 0 unspecified atom stereocenters. The standard InChI is InChI=1S/C22H28ClN3O3/c1-17(25(2)11-16-29-21-9-3-18(23)4-10-21)22(27)24-19-5-7-20(8-6-19)26-12-14-28-15-13-26/h3-10,17H,11-16H2,1-2H3,(H,24,27)/t17-/m0/s1. The molecule has 156 valence electrons. The highest BCUT2D eigenvalue weighted by Crippen LogP contribution is 2.19. The van der Waals surface area contributed by atoms with E-state index in [1.165, 1.54) is 0 Å². The summed E-state index contributed by atoms with van der Waals surface area (Å²) < 4.78 is 11.1. The molecule has 1 heterocycles. The van der Waals surface area contributed by atoms with Crippen LogP contribution in [0.2, 0.25) is 5.02 Å². The molecule has 6 nitrogen and oxygen atoms in total. The van der Waals surface area contributed by atoms with Crippen molar-refractivity contribution < 1.29 is 14.3 Å². The van der Waals surface area contributed by atoms with E-state index in [-0.39, 0.29) is 11.9 Å². The van der Waals surface area contributed by atoms with Gasteiger partial charge in [0.1, 0.15) is 12.4 Å². The second-order valence-corrected chi connectivity index (χ2v) is 7.53. The molecule has 2 aromatic carbocycles. The van der Waals surface area contributed by atoms with E-state index in [1.807, 2.05) is 55.3 Å². The number of morpholine rings is 1. The molecule has 0 radical (unpaired) electrons. The third kappa shape index (κ3) is 6.35. The summed E-state index contributed by atoms with van der Waals surface area (Å²) in [5, 5.41) is 3.67. The molecular weight excluding hydrogens is 390 g/mol. The number of anilines is 2. The lowest BCUT2D eigenvalue weighted by atomic mass is 10.2. The van der Waals surface area contributed by atoms with Crippen LogP contribution >= 0.6 is 11.6 Å². The molecular formula is C22H28ClN3O3. The van der Waals surface area contributed by atoms with Gasteiger partial charge in [0, 0.05) is 36.0 Å². The van der Waals surface area contributed by atoms with E-state index < -0.39 is 0 Å². The molecule has 7 heteroatoms. The number of nitrogens with zero attached hydrogens (tertiary/aromatic N) is 2. The first-order chi connectivity index (χ1) is 14.0. The van der Waals surface area contributed by atoms with Crippen LogP contribution in [0.5, 0.6) is 5.75 Å². The molecule has 1 amide bonds. The largest absolute Gasteiger partial charge is 0.492 e. The fourth-order valence-electron chi connectivity index (χ4n) is 3.06. The molecule has 3 rings (SSSR count). The molecule has 1 saturated heterocycles. The van der Waals surface area contributed by atoms with Crippen LogP contribution in [-0.4, -0.2) is 63.4 Å². The van der Waals surface area contributed by atoms with Crippen LogP contribution in [0.25, 0.3) is 0 Å². The Balaban J connectivity index is 1.44. The summed E-state index contributed by atoms with van der Waals surface area (Å²) in [6.07, 6.45) is 0. The Bertz CT molecular complexity index is 777. The van der Waals surface area contributed by atoms with Crippen LogP contribution < -0.4 is 15.0 Å². The molecule has 1 aliphatic rings. The summed E-state index contributed by atoms with van der Waals surface area (Å²) in [7, 11) is 1.91. The van der Waals surface area contributed by atoms with Gasteiger partial charge in [0.25, 0.3) is 0 Å². The number of rotatable bonds is 8.